The largest absolute Gasteiger partial charge is 0.296 e. The number of nitrogens with zero attached hydrogens (tertiary/aromatic N) is 6. The third kappa shape index (κ3) is 3.65. The van der Waals surface area contributed by atoms with Crippen LogP contribution in [0.4, 0.5) is 16.5 Å². The van der Waals surface area contributed by atoms with Gasteiger partial charge in [0, 0.05) is 17.0 Å². The molecule has 1 unspecified atom stereocenters. The summed E-state index contributed by atoms with van der Waals surface area (Å²) in [6.07, 6.45) is 0. The summed E-state index contributed by atoms with van der Waals surface area (Å²) in [6, 6.07) is 14.6. The predicted octanol–water partition coefficient (Wildman–Crippen LogP) is 4.59. The quantitative estimate of drug-likeness (QED) is 0.350. The second kappa shape index (κ2) is 7.68. The van der Waals surface area contributed by atoms with E-state index in [0.717, 1.165) is 11.3 Å². The Morgan fingerprint density at radius 3 is 2.62 bits per heavy atom. The lowest BCUT2D eigenvalue weighted by Crippen LogP contribution is -2.29. The Morgan fingerprint density at radius 1 is 1.14 bits per heavy atom. The number of thiazole rings is 1. The van der Waals surface area contributed by atoms with Crippen molar-refractivity contribution < 1.29 is 9.72 Å². The Labute approximate surface area is 169 Å². The summed E-state index contributed by atoms with van der Waals surface area (Å²) in [5.41, 5.74) is 2.03. The summed E-state index contributed by atoms with van der Waals surface area (Å²) >= 11 is 1.30. The molecule has 2 heterocycles. The van der Waals surface area contributed by atoms with Gasteiger partial charge in [-0.3, -0.25) is 14.9 Å². The molecule has 1 amide bonds. The smallest absolute Gasteiger partial charge is 0.269 e. The second-order valence-corrected chi connectivity index (χ2v) is 6.97. The first kappa shape index (κ1) is 18.6. The number of nitro groups is 1. The maximum absolute atomic E-state index is 12.8. The highest BCUT2D eigenvalue weighted by molar-refractivity contribution is 7.14. The molecule has 29 heavy (non-hydrogen) atoms. The molecule has 9 nitrogen and oxygen atoms in total. The van der Waals surface area contributed by atoms with Gasteiger partial charge in [0.1, 0.15) is 0 Å². The fourth-order valence-corrected chi connectivity index (χ4v) is 3.54. The van der Waals surface area contributed by atoms with E-state index < -0.39 is 16.9 Å². The molecule has 0 fully saturated rings. The van der Waals surface area contributed by atoms with E-state index in [1.165, 1.54) is 28.5 Å². The molecule has 0 spiro atoms. The summed E-state index contributed by atoms with van der Waals surface area (Å²) < 4.78 is 0. The van der Waals surface area contributed by atoms with Crippen molar-refractivity contribution in [1.82, 2.24) is 4.98 Å². The standard InChI is InChI=1S/C19H14N6O3S/c1-12-17(22-21-14-9-5-6-10-16(14)25(27)28)18(26)24(23-12)19-20-15(11-29-19)13-7-3-2-4-8-13/h2-11,17H,1H3. The van der Waals surface area contributed by atoms with E-state index in [9.17, 15) is 14.9 Å². The number of carbonyl (C=O) groups excluding carboxylic acids is 1. The summed E-state index contributed by atoms with van der Waals surface area (Å²) in [6.45, 7) is 1.66. The van der Waals surface area contributed by atoms with Crippen molar-refractivity contribution in [2.45, 2.75) is 13.0 Å². The minimum absolute atomic E-state index is 0.0807. The van der Waals surface area contributed by atoms with E-state index in [1.54, 1.807) is 19.1 Å². The van der Waals surface area contributed by atoms with Crippen LogP contribution in [0.15, 0.2) is 75.3 Å². The molecule has 4 rings (SSSR count). The normalized spacial score (nSPS) is 16.4. The van der Waals surface area contributed by atoms with Crippen LogP contribution in [0, 0.1) is 10.1 Å². The zero-order valence-electron chi connectivity index (χ0n) is 15.2. The van der Waals surface area contributed by atoms with Crippen LogP contribution in [0.5, 0.6) is 0 Å². The van der Waals surface area contributed by atoms with Crippen molar-refractivity contribution in [1.29, 1.82) is 0 Å². The number of nitro benzene ring substituents is 1. The Balaban J connectivity index is 1.57. The van der Waals surface area contributed by atoms with Crippen LogP contribution in [0.1, 0.15) is 6.92 Å². The van der Waals surface area contributed by atoms with Gasteiger partial charge in [-0.15, -0.1) is 16.5 Å². The van der Waals surface area contributed by atoms with Crippen molar-refractivity contribution in [3.8, 4) is 11.3 Å². The third-order valence-corrected chi connectivity index (χ3v) is 5.01. The van der Waals surface area contributed by atoms with Gasteiger partial charge in [0.25, 0.3) is 11.6 Å². The van der Waals surface area contributed by atoms with Gasteiger partial charge in [0.05, 0.1) is 16.3 Å². The molecular formula is C19H14N6O3S. The Morgan fingerprint density at radius 2 is 1.86 bits per heavy atom. The Kier molecular flexibility index (Phi) is 4.92. The number of rotatable bonds is 5. The number of carbonyl (C=O) groups is 1. The fraction of sp³-hybridized carbons (Fsp3) is 0.105. The molecule has 0 aliphatic carbocycles. The van der Waals surface area contributed by atoms with Gasteiger partial charge in [0.15, 0.2) is 11.7 Å². The van der Waals surface area contributed by atoms with Crippen LogP contribution in [0.3, 0.4) is 0 Å². The lowest BCUT2D eigenvalue weighted by atomic mass is 10.2. The van der Waals surface area contributed by atoms with E-state index in [4.69, 9.17) is 0 Å². The maximum Gasteiger partial charge on any atom is 0.296 e. The maximum atomic E-state index is 12.8. The summed E-state index contributed by atoms with van der Waals surface area (Å²) in [5, 5.41) is 26.8. The molecule has 0 saturated heterocycles. The third-order valence-electron chi connectivity index (χ3n) is 4.20. The molecule has 10 heteroatoms. The molecule has 144 valence electrons. The van der Waals surface area contributed by atoms with E-state index in [-0.39, 0.29) is 11.4 Å². The molecule has 0 bridgehead atoms. The minimum atomic E-state index is -0.945. The van der Waals surface area contributed by atoms with E-state index in [0.29, 0.717) is 10.8 Å². The monoisotopic (exact) mass is 406 g/mol. The van der Waals surface area contributed by atoms with Crippen LogP contribution in [-0.4, -0.2) is 27.6 Å². The van der Waals surface area contributed by atoms with Crippen molar-refractivity contribution in [2.24, 2.45) is 15.3 Å². The average molecular weight is 406 g/mol. The van der Waals surface area contributed by atoms with Gasteiger partial charge in [-0.25, -0.2) is 4.98 Å². The number of hydrazone groups is 1. The molecule has 1 atom stereocenters. The zero-order valence-corrected chi connectivity index (χ0v) is 16.0. The first-order valence-corrected chi connectivity index (χ1v) is 9.47. The van der Waals surface area contributed by atoms with Crippen molar-refractivity contribution >= 4 is 39.5 Å². The zero-order chi connectivity index (χ0) is 20.4. The average Bonchev–Trinajstić information content (AvgIpc) is 3.32. The lowest BCUT2D eigenvalue weighted by Gasteiger charge is -2.08. The number of azo groups is 1. The molecule has 0 N–H and O–H groups in total. The van der Waals surface area contributed by atoms with Gasteiger partial charge in [-0.05, 0) is 13.0 Å². The molecule has 1 aromatic heterocycles. The number of aromatic nitrogens is 1. The molecule has 1 aliphatic heterocycles. The number of para-hydroxylation sites is 1. The van der Waals surface area contributed by atoms with Crippen molar-refractivity contribution in [2.75, 3.05) is 5.01 Å². The first-order valence-electron chi connectivity index (χ1n) is 8.59. The number of anilines is 1. The van der Waals surface area contributed by atoms with Crippen molar-refractivity contribution in [3.63, 3.8) is 0 Å². The highest BCUT2D eigenvalue weighted by Gasteiger charge is 2.36. The molecule has 0 saturated carbocycles. The number of hydrogen-bond acceptors (Lipinski definition) is 8. The highest BCUT2D eigenvalue weighted by atomic mass is 32.1. The Bertz CT molecular complexity index is 1140. The van der Waals surface area contributed by atoms with E-state index in [2.05, 4.69) is 20.3 Å². The second-order valence-electron chi connectivity index (χ2n) is 6.14. The van der Waals surface area contributed by atoms with Gasteiger partial charge >= 0.3 is 0 Å². The van der Waals surface area contributed by atoms with Gasteiger partial charge in [0.2, 0.25) is 5.13 Å². The van der Waals surface area contributed by atoms with E-state index >= 15 is 0 Å². The van der Waals surface area contributed by atoms with Crippen LogP contribution < -0.4 is 5.01 Å². The van der Waals surface area contributed by atoms with Crippen LogP contribution in [-0.2, 0) is 4.79 Å². The van der Waals surface area contributed by atoms with Crippen LogP contribution >= 0.6 is 11.3 Å². The molecular weight excluding hydrogens is 392 g/mol. The SMILES string of the molecule is CC1=NN(c2nc(-c3ccccc3)cs2)C(=O)C1N=Nc1ccccc1[N+](=O)[O-]. The number of hydrogen-bond donors (Lipinski definition) is 0. The summed E-state index contributed by atoms with van der Waals surface area (Å²) in [4.78, 5) is 27.8. The van der Waals surface area contributed by atoms with Crippen molar-refractivity contribution in [3.05, 3.63) is 70.1 Å². The van der Waals surface area contributed by atoms with E-state index in [1.807, 2.05) is 35.7 Å². The number of benzene rings is 2. The summed E-state index contributed by atoms with van der Waals surface area (Å²) in [5.74, 6) is -0.404. The summed E-state index contributed by atoms with van der Waals surface area (Å²) in [7, 11) is 0. The predicted molar refractivity (Wildman–Crippen MR) is 110 cm³/mol. The molecule has 2 aromatic carbocycles. The Hall–Kier alpha value is -3.79. The molecule has 1 aliphatic rings. The lowest BCUT2D eigenvalue weighted by molar-refractivity contribution is -0.384. The minimum Gasteiger partial charge on any atom is -0.269 e. The topological polar surface area (TPSA) is 113 Å². The highest BCUT2D eigenvalue weighted by Crippen LogP contribution is 2.31. The first-order chi connectivity index (χ1) is 14.0. The van der Waals surface area contributed by atoms with Gasteiger partial charge in [-0.1, -0.05) is 42.5 Å². The van der Waals surface area contributed by atoms with Crippen LogP contribution in [0.25, 0.3) is 11.3 Å². The molecule has 3 aromatic rings. The van der Waals surface area contributed by atoms with Gasteiger partial charge in [-0.2, -0.15) is 15.2 Å². The number of amides is 1. The van der Waals surface area contributed by atoms with Gasteiger partial charge < -0.3 is 0 Å². The molecule has 0 radical (unpaired) electrons. The van der Waals surface area contributed by atoms with Crippen LogP contribution in [0.2, 0.25) is 0 Å². The fourth-order valence-electron chi connectivity index (χ4n) is 2.75.